The maximum Gasteiger partial charge on any atom is 0.0519 e. The standard InChI is InChI=1S/C17H17N/c1-11-14-4-2-3-5-15(14)17-9-7-12-6-8-13(18-17)10-16(11)12/h2-6,8,10-11,17-18H,7,9H2,1H3. The van der Waals surface area contributed by atoms with Gasteiger partial charge in [-0.25, -0.2) is 0 Å². The summed E-state index contributed by atoms with van der Waals surface area (Å²) >= 11 is 0. The van der Waals surface area contributed by atoms with E-state index in [1.165, 1.54) is 40.8 Å². The molecule has 3 heterocycles. The van der Waals surface area contributed by atoms with Gasteiger partial charge in [0.1, 0.15) is 0 Å². The van der Waals surface area contributed by atoms with Gasteiger partial charge in [0.2, 0.25) is 0 Å². The van der Waals surface area contributed by atoms with E-state index >= 15 is 0 Å². The summed E-state index contributed by atoms with van der Waals surface area (Å²) in [5, 5.41) is 3.69. The Labute approximate surface area is 108 Å². The van der Waals surface area contributed by atoms with Gasteiger partial charge in [0.25, 0.3) is 0 Å². The topological polar surface area (TPSA) is 12.0 Å². The van der Waals surface area contributed by atoms with E-state index in [0.717, 1.165) is 0 Å². The third-order valence-corrected chi connectivity index (χ3v) is 4.49. The lowest BCUT2D eigenvalue weighted by Crippen LogP contribution is -2.21. The first kappa shape index (κ1) is 10.2. The van der Waals surface area contributed by atoms with Crippen LogP contribution in [0, 0.1) is 0 Å². The van der Waals surface area contributed by atoms with Gasteiger partial charge < -0.3 is 5.32 Å². The minimum Gasteiger partial charge on any atom is -0.378 e. The van der Waals surface area contributed by atoms with Crippen molar-refractivity contribution in [3.8, 4) is 0 Å². The number of anilines is 1. The van der Waals surface area contributed by atoms with Crippen molar-refractivity contribution in [1.29, 1.82) is 0 Å². The molecular formula is C17H17N. The number of benzene rings is 2. The normalized spacial score (nSPS) is 23.8. The molecule has 0 aromatic heterocycles. The quantitative estimate of drug-likeness (QED) is 0.719. The van der Waals surface area contributed by atoms with Crippen LogP contribution in [0.3, 0.4) is 0 Å². The molecule has 0 saturated heterocycles. The van der Waals surface area contributed by atoms with Crippen LogP contribution in [-0.2, 0) is 6.42 Å². The third-order valence-electron chi connectivity index (χ3n) is 4.49. The Morgan fingerprint density at radius 2 is 1.83 bits per heavy atom. The summed E-state index contributed by atoms with van der Waals surface area (Å²) in [7, 11) is 0. The average Bonchev–Trinajstić information content (AvgIpc) is 2.37. The number of aryl methyl sites for hydroxylation is 1. The second-order valence-corrected chi connectivity index (χ2v) is 5.50. The first-order chi connectivity index (χ1) is 8.83. The molecule has 0 spiro atoms. The molecule has 2 atom stereocenters. The van der Waals surface area contributed by atoms with Crippen LogP contribution < -0.4 is 5.32 Å². The molecule has 2 aromatic rings. The van der Waals surface area contributed by atoms with Crippen molar-refractivity contribution < 1.29 is 0 Å². The van der Waals surface area contributed by atoms with Gasteiger partial charge in [-0.15, -0.1) is 0 Å². The molecule has 90 valence electrons. The SMILES string of the molecule is CC1c2cc3ccc2CCC(N3)c2ccccc21. The van der Waals surface area contributed by atoms with Gasteiger partial charge in [-0.1, -0.05) is 37.3 Å². The summed E-state index contributed by atoms with van der Waals surface area (Å²) < 4.78 is 0. The highest BCUT2D eigenvalue weighted by Gasteiger charge is 2.26. The fourth-order valence-electron chi connectivity index (χ4n) is 3.51. The van der Waals surface area contributed by atoms with E-state index in [1.807, 2.05) is 0 Å². The summed E-state index contributed by atoms with van der Waals surface area (Å²) in [5.74, 6) is 0.515. The Balaban J connectivity index is 2.04. The Hall–Kier alpha value is -1.76. The number of hydrogen-bond donors (Lipinski definition) is 1. The molecule has 1 aliphatic carbocycles. The zero-order valence-corrected chi connectivity index (χ0v) is 10.6. The van der Waals surface area contributed by atoms with E-state index in [4.69, 9.17) is 0 Å². The number of hydrogen-bond acceptors (Lipinski definition) is 1. The maximum absolute atomic E-state index is 3.69. The van der Waals surface area contributed by atoms with Crippen LogP contribution >= 0.6 is 0 Å². The fourth-order valence-corrected chi connectivity index (χ4v) is 3.51. The van der Waals surface area contributed by atoms with Crippen LogP contribution in [0.15, 0.2) is 42.5 Å². The minimum atomic E-state index is 0.469. The lowest BCUT2D eigenvalue weighted by molar-refractivity contribution is 0.649. The Morgan fingerprint density at radius 3 is 2.72 bits per heavy atom. The largest absolute Gasteiger partial charge is 0.378 e. The van der Waals surface area contributed by atoms with Crippen molar-refractivity contribution in [3.05, 3.63) is 64.7 Å². The summed E-state index contributed by atoms with van der Waals surface area (Å²) in [6, 6.07) is 16.3. The van der Waals surface area contributed by atoms with Crippen LogP contribution in [0.2, 0.25) is 0 Å². The van der Waals surface area contributed by atoms with Crippen molar-refractivity contribution in [2.75, 3.05) is 5.32 Å². The molecule has 2 aromatic carbocycles. The Kier molecular flexibility index (Phi) is 2.05. The molecule has 0 saturated carbocycles. The predicted octanol–water partition coefficient (Wildman–Crippen LogP) is 4.25. The molecule has 3 aliphatic heterocycles. The summed E-state index contributed by atoms with van der Waals surface area (Å²) in [4.78, 5) is 0. The van der Waals surface area contributed by atoms with Crippen LogP contribution in [0.5, 0.6) is 0 Å². The van der Waals surface area contributed by atoms with Crippen molar-refractivity contribution in [2.45, 2.75) is 31.7 Å². The fraction of sp³-hybridized carbons (Fsp3) is 0.294. The van der Waals surface area contributed by atoms with E-state index in [2.05, 4.69) is 54.7 Å². The average molecular weight is 235 g/mol. The molecular weight excluding hydrogens is 218 g/mol. The van der Waals surface area contributed by atoms with Crippen molar-refractivity contribution in [1.82, 2.24) is 0 Å². The minimum absolute atomic E-state index is 0.469. The van der Waals surface area contributed by atoms with Gasteiger partial charge in [-0.05, 0) is 47.2 Å². The van der Waals surface area contributed by atoms with Gasteiger partial charge in [0.05, 0.1) is 6.04 Å². The van der Waals surface area contributed by atoms with Gasteiger partial charge >= 0.3 is 0 Å². The highest BCUT2D eigenvalue weighted by atomic mass is 14.9. The van der Waals surface area contributed by atoms with Crippen LogP contribution in [0.25, 0.3) is 0 Å². The number of fused-ring (bicyclic) bond motifs is 1. The second kappa shape index (κ2) is 3.61. The van der Waals surface area contributed by atoms with Gasteiger partial charge in [0.15, 0.2) is 0 Å². The van der Waals surface area contributed by atoms with Crippen molar-refractivity contribution >= 4 is 5.69 Å². The van der Waals surface area contributed by atoms with Crippen LogP contribution in [-0.4, -0.2) is 0 Å². The Bertz CT molecular complexity index is 615. The van der Waals surface area contributed by atoms with Crippen LogP contribution in [0.1, 0.15) is 47.6 Å². The summed E-state index contributed by atoms with van der Waals surface area (Å²) in [5.41, 5.74) is 7.30. The molecule has 0 radical (unpaired) electrons. The third kappa shape index (κ3) is 1.34. The zero-order chi connectivity index (χ0) is 12.1. The van der Waals surface area contributed by atoms with Gasteiger partial charge in [-0.3, -0.25) is 0 Å². The highest BCUT2D eigenvalue weighted by molar-refractivity contribution is 5.57. The number of rotatable bonds is 0. The zero-order valence-electron chi connectivity index (χ0n) is 10.6. The number of nitrogens with one attached hydrogen (secondary N) is 1. The van der Waals surface area contributed by atoms with Gasteiger partial charge in [0, 0.05) is 11.6 Å². The molecule has 1 heteroatoms. The first-order valence-electron chi connectivity index (χ1n) is 6.81. The van der Waals surface area contributed by atoms with E-state index in [9.17, 15) is 0 Å². The lowest BCUT2D eigenvalue weighted by atomic mass is 9.78. The van der Waals surface area contributed by atoms with E-state index in [0.29, 0.717) is 12.0 Å². The van der Waals surface area contributed by atoms with E-state index < -0.39 is 0 Å². The molecule has 0 fully saturated rings. The molecule has 4 bridgehead atoms. The summed E-state index contributed by atoms with van der Waals surface area (Å²) in [6.07, 6.45) is 2.39. The molecule has 1 nitrogen and oxygen atoms in total. The molecule has 2 unspecified atom stereocenters. The van der Waals surface area contributed by atoms with Gasteiger partial charge in [-0.2, -0.15) is 0 Å². The highest BCUT2D eigenvalue weighted by Crippen LogP contribution is 2.41. The Morgan fingerprint density at radius 1 is 1.00 bits per heavy atom. The van der Waals surface area contributed by atoms with E-state index in [1.54, 1.807) is 0 Å². The van der Waals surface area contributed by atoms with Crippen molar-refractivity contribution in [3.63, 3.8) is 0 Å². The smallest absolute Gasteiger partial charge is 0.0519 e. The maximum atomic E-state index is 3.69. The summed E-state index contributed by atoms with van der Waals surface area (Å²) in [6.45, 7) is 2.34. The molecule has 4 aliphatic rings. The van der Waals surface area contributed by atoms with E-state index in [-0.39, 0.29) is 0 Å². The first-order valence-corrected chi connectivity index (χ1v) is 6.81. The lowest BCUT2D eigenvalue weighted by Gasteiger charge is -2.33. The van der Waals surface area contributed by atoms with Crippen LogP contribution in [0.4, 0.5) is 5.69 Å². The molecule has 18 heavy (non-hydrogen) atoms. The molecule has 1 N–H and O–H groups in total. The molecule has 6 rings (SSSR count). The predicted molar refractivity (Wildman–Crippen MR) is 75.1 cm³/mol. The van der Waals surface area contributed by atoms with Crippen molar-refractivity contribution in [2.24, 2.45) is 0 Å². The monoisotopic (exact) mass is 235 g/mol. The molecule has 0 amide bonds. The second-order valence-electron chi connectivity index (χ2n) is 5.50.